The monoisotopic (exact) mass is 539 g/mol. The summed E-state index contributed by atoms with van der Waals surface area (Å²) >= 11 is 9.85. The maximum Gasteiger partial charge on any atom is 0.333 e. The number of nitrogens with zero attached hydrogens (tertiary/aromatic N) is 1. The molecule has 2 N–H and O–H groups in total. The SMILES string of the molecule is O=C(Nc1ccc(N2C(=O)c3ccccc3C2=O)c(Br)c1)NS(=O)(=O)c1ccc(Cl)s1. The summed E-state index contributed by atoms with van der Waals surface area (Å²) in [6.07, 6.45) is 0. The molecule has 0 aliphatic carbocycles. The number of anilines is 2. The Morgan fingerprint density at radius 2 is 1.65 bits per heavy atom. The first kappa shape index (κ1) is 21.5. The highest BCUT2D eigenvalue weighted by Crippen LogP contribution is 2.35. The van der Waals surface area contributed by atoms with E-state index in [1.165, 1.54) is 30.3 Å². The third-order valence-electron chi connectivity index (χ3n) is 4.28. The summed E-state index contributed by atoms with van der Waals surface area (Å²) in [5.74, 6) is -0.916. The van der Waals surface area contributed by atoms with E-state index >= 15 is 0 Å². The van der Waals surface area contributed by atoms with Gasteiger partial charge in [0.15, 0.2) is 0 Å². The molecule has 0 radical (unpaired) electrons. The molecule has 2 heterocycles. The Bertz CT molecular complexity index is 1320. The van der Waals surface area contributed by atoms with Gasteiger partial charge in [0.25, 0.3) is 21.8 Å². The van der Waals surface area contributed by atoms with Crippen molar-refractivity contribution in [3.05, 3.63) is 74.5 Å². The third-order valence-corrected chi connectivity index (χ3v) is 7.97. The number of amides is 4. The van der Waals surface area contributed by atoms with Crippen LogP contribution in [-0.2, 0) is 10.0 Å². The Morgan fingerprint density at radius 1 is 1.00 bits per heavy atom. The molecule has 4 amide bonds. The van der Waals surface area contributed by atoms with Gasteiger partial charge >= 0.3 is 6.03 Å². The Balaban J connectivity index is 1.52. The van der Waals surface area contributed by atoms with Gasteiger partial charge in [-0.1, -0.05) is 23.7 Å². The molecule has 2 aromatic carbocycles. The number of halogens is 2. The lowest BCUT2D eigenvalue weighted by molar-refractivity contribution is 0.0926. The number of urea groups is 1. The van der Waals surface area contributed by atoms with Crippen molar-refractivity contribution >= 4 is 78.1 Å². The molecule has 1 aromatic heterocycles. The maximum absolute atomic E-state index is 12.6. The number of carbonyl (C=O) groups is 3. The third kappa shape index (κ3) is 4.09. The average Bonchev–Trinajstić information content (AvgIpc) is 3.25. The number of hydrogen-bond donors (Lipinski definition) is 2. The highest BCUT2D eigenvalue weighted by molar-refractivity contribution is 9.10. The fraction of sp³-hybridized carbons (Fsp3) is 0. The molecule has 0 unspecified atom stereocenters. The molecule has 0 atom stereocenters. The molecule has 3 aromatic rings. The lowest BCUT2D eigenvalue weighted by atomic mass is 10.1. The summed E-state index contributed by atoms with van der Waals surface area (Å²) in [4.78, 5) is 38.5. The lowest BCUT2D eigenvalue weighted by Gasteiger charge is -2.17. The molecule has 158 valence electrons. The highest BCUT2D eigenvalue weighted by Gasteiger charge is 2.37. The molecule has 0 fully saturated rings. The topological polar surface area (TPSA) is 113 Å². The first-order valence-electron chi connectivity index (χ1n) is 8.54. The highest BCUT2D eigenvalue weighted by atomic mass is 79.9. The number of nitrogens with one attached hydrogen (secondary N) is 2. The van der Waals surface area contributed by atoms with Crippen LogP contribution in [0.4, 0.5) is 16.2 Å². The largest absolute Gasteiger partial charge is 0.333 e. The quantitative estimate of drug-likeness (QED) is 0.474. The van der Waals surface area contributed by atoms with E-state index in [0.717, 1.165) is 16.2 Å². The van der Waals surface area contributed by atoms with Crippen molar-refractivity contribution in [2.75, 3.05) is 10.2 Å². The van der Waals surface area contributed by atoms with Gasteiger partial charge in [-0.15, -0.1) is 11.3 Å². The van der Waals surface area contributed by atoms with Crippen LogP contribution in [0, 0.1) is 0 Å². The molecular formula is C19H11BrClN3O5S2. The van der Waals surface area contributed by atoms with E-state index in [1.807, 2.05) is 4.72 Å². The van der Waals surface area contributed by atoms with E-state index < -0.39 is 27.9 Å². The summed E-state index contributed by atoms with van der Waals surface area (Å²) in [7, 11) is -4.07. The summed E-state index contributed by atoms with van der Waals surface area (Å²) in [5, 5.41) is 2.40. The zero-order valence-electron chi connectivity index (χ0n) is 15.3. The van der Waals surface area contributed by atoms with Gasteiger partial charge in [0.05, 0.1) is 21.2 Å². The van der Waals surface area contributed by atoms with Gasteiger partial charge in [-0.25, -0.2) is 22.8 Å². The molecule has 4 rings (SSSR count). The number of fused-ring (bicyclic) bond motifs is 1. The van der Waals surface area contributed by atoms with Crippen LogP contribution in [0.1, 0.15) is 20.7 Å². The van der Waals surface area contributed by atoms with Crippen LogP contribution in [0.5, 0.6) is 0 Å². The molecular weight excluding hydrogens is 530 g/mol. The van der Waals surface area contributed by atoms with Gasteiger partial charge in [0.1, 0.15) is 4.21 Å². The van der Waals surface area contributed by atoms with Crippen molar-refractivity contribution in [3.63, 3.8) is 0 Å². The van der Waals surface area contributed by atoms with E-state index in [9.17, 15) is 22.8 Å². The molecule has 1 aliphatic heterocycles. The Hall–Kier alpha value is -2.73. The van der Waals surface area contributed by atoms with Gasteiger partial charge in [-0.3, -0.25) is 9.59 Å². The number of hydrogen-bond acceptors (Lipinski definition) is 6. The molecule has 31 heavy (non-hydrogen) atoms. The summed E-state index contributed by atoms with van der Waals surface area (Å²) in [6, 6.07) is 12.6. The fourth-order valence-corrected chi connectivity index (χ4v) is 5.89. The summed E-state index contributed by atoms with van der Waals surface area (Å²) < 4.78 is 26.8. The second-order valence-corrected chi connectivity index (χ2v) is 10.8. The second kappa shape index (κ2) is 8.08. The number of thiophene rings is 1. The minimum Gasteiger partial charge on any atom is -0.307 e. The average molecular weight is 541 g/mol. The number of carbonyl (C=O) groups excluding carboxylic acids is 3. The normalized spacial score (nSPS) is 13.3. The van der Waals surface area contributed by atoms with Crippen LogP contribution in [0.3, 0.4) is 0 Å². The summed E-state index contributed by atoms with van der Waals surface area (Å²) in [6.45, 7) is 0. The van der Waals surface area contributed by atoms with Crippen LogP contribution < -0.4 is 14.9 Å². The fourth-order valence-electron chi connectivity index (χ4n) is 2.95. The van der Waals surface area contributed by atoms with Gasteiger partial charge in [0.2, 0.25) is 0 Å². The van der Waals surface area contributed by atoms with Crippen molar-refractivity contribution in [2.45, 2.75) is 4.21 Å². The van der Waals surface area contributed by atoms with Crippen molar-refractivity contribution in [1.82, 2.24) is 4.72 Å². The van der Waals surface area contributed by atoms with E-state index in [2.05, 4.69) is 21.2 Å². The summed E-state index contributed by atoms with van der Waals surface area (Å²) in [5.41, 5.74) is 1.14. The minimum absolute atomic E-state index is 0.102. The van der Waals surface area contributed by atoms with Gasteiger partial charge < -0.3 is 5.32 Å². The van der Waals surface area contributed by atoms with E-state index in [-0.39, 0.29) is 19.9 Å². The van der Waals surface area contributed by atoms with Crippen LogP contribution in [-0.4, -0.2) is 26.3 Å². The second-order valence-electron chi connectivity index (χ2n) is 6.28. The van der Waals surface area contributed by atoms with Gasteiger partial charge in [0, 0.05) is 10.2 Å². The molecule has 12 heteroatoms. The lowest BCUT2D eigenvalue weighted by Crippen LogP contribution is -2.34. The van der Waals surface area contributed by atoms with Crippen molar-refractivity contribution in [1.29, 1.82) is 0 Å². The predicted molar refractivity (Wildman–Crippen MR) is 120 cm³/mol. The molecule has 0 bridgehead atoms. The van der Waals surface area contributed by atoms with Crippen molar-refractivity contribution in [3.8, 4) is 0 Å². The predicted octanol–water partition coefficient (Wildman–Crippen LogP) is 4.48. The van der Waals surface area contributed by atoms with E-state index in [4.69, 9.17) is 11.6 Å². The zero-order valence-corrected chi connectivity index (χ0v) is 19.2. The first-order chi connectivity index (χ1) is 14.7. The van der Waals surface area contributed by atoms with E-state index in [0.29, 0.717) is 15.6 Å². The molecule has 0 spiro atoms. The number of imide groups is 1. The van der Waals surface area contributed by atoms with Crippen LogP contribution in [0.25, 0.3) is 0 Å². The molecule has 8 nitrogen and oxygen atoms in total. The zero-order chi connectivity index (χ0) is 22.3. The Kier molecular flexibility index (Phi) is 5.60. The maximum atomic E-state index is 12.6. The van der Waals surface area contributed by atoms with Crippen molar-refractivity contribution < 1.29 is 22.8 Å². The smallest absolute Gasteiger partial charge is 0.307 e. The molecule has 1 aliphatic rings. The van der Waals surface area contributed by atoms with Gasteiger partial charge in [-0.2, -0.15) is 0 Å². The van der Waals surface area contributed by atoms with Crippen LogP contribution >= 0.6 is 38.9 Å². The van der Waals surface area contributed by atoms with Crippen LogP contribution in [0.2, 0.25) is 4.34 Å². The Morgan fingerprint density at radius 3 is 2.19 bits per heavy atom. The Labute approximate surface area is 194 Å². The standard InChI is InChI=1S/C19H11BrClN3O5S2/c20-13-9-10(22-19(27)23-31(28,29)16-8-7-15(21)30-16)5-6-14(13)24-17(25)11-3-1-2-4-12(11)18(24)26/h1-9H,(H2,22,23,27). The van der Waals surface area contributed by atoms with Crippen molar-refractivity contribution in [2.24, 2.45) is 0 Å². The molecule has 0 saturated carbocycles. The van der Waals surface area contributed by atoms with Gasteiger partial charge in [-0.05, 0) is 58.4 Å². The molecule has 0 saturated heterocycles. The number of rotatable bonds is 4. The van der Waals surface area contributed by atoms with E-state index in [1.54, 1.807) is 24.3 Å². The van der Waals surface area contributed by atoms with Crippen LogP contribution in [0.15, 0.2) is 63.3 Å². The first-order valence-corrected chi connectivity index (χ1v) is 12.0. The minimum atomic E-state index is -4.07. The number of sulfonamides is 1. The number of benzene rings is 2.